The van der Waals surface area contributed by atoms with Crippen molar-refractivity contribution in [3.05, 3.63) is 35.7 Å². The van der Waals surface area contributed by atoms with Crippen LogP contribution in [-0.4, -0.2) is 59.2 Å². The predicted molar refractivity (Wildman–Crippen MR) is 102 cm³/mol. The number of nitrogens with one attached hydrogen (secondary N) is 2. The highest BCUT2D eigenvalue weighted by atomic mass is 16.5. The minimum absolute atomic E-state index is 0.0305. The fraction of sp³-hybridized carbons (Fsp3) is 0.333. The summed E-state index contributed by atoms with van der Waals surface area (Å²) in [6.45, 7) is 2.69. The normalized spacial score (nSPS) is 10.1. The molecule has 0 fully saturated rings. The highest BCUT2D eigenvalue weighted by molar-refractivity contribution is 6.02. The molecule has 160 valence electrons. The van der Waals surface area contributed by atoms with Crippen LogP contribution in [0.1, 0.15) is 34.8 Å². The van der Waals surface area contributed by atoms with E-state index in [2.05, 4.69) is 20.9 Å². The van der Waals surface area contributed by atoms with Gasteiger partial charge in [0.1, 0.15) is 12.3 Å². The van der Waals surface area contributed by atoms with Gasteiger partial charge in [-0.2, -0.15) is 0 Å². The molecule has 0 aliphatic carbocycles. The molecule has 0 spiro atoms. The van der Waals surface area contributed by atoms with Gasteiger partial charge >= 0.3 is 18.0 Å². The summed E-state index contributed by atoms with van der Waals surface area (Å²) >= 11 is 0. The van der Waals surface area contributed by atoms with E-state index in [0.717, 1.165) is 4.68 Å². The summed E-state index contributed by atoms with van der Waals surface area (Å²) in [7, 11) is 1.51. The minimum atomic E-state index is -0.902. The quantitative estimate of drug-likeness (QED) is 0.597. The van der Waals surface area contributed by atoms with Crippen LogP contribution in [-0.2, 0) is 20.8 Å². The lowest BCUT2D eigenvalue weighted by atomic mass is 10.3. The van der Waals surface area contributed by atoms with Crippen molar-refractivity contribution in [3.63, 3.8) is 0 Å². The number of esters is 2. The van der Waals surface area contributed by atoms with Crippen LogP contribution in [0.15, 0.2) is 24.3 Å². The molecular formula is C18H21N5O7. The Kier molecular flexibility index (Phi) is 7.85. The largest absolute Gasteiger partial charge is 0.497 e. The van der Waals surface area contributed by atoms with Gasteiger partial charge in [0.05, 0.1) is 20.3 Å². The maximum Gasteiger partial charge on any atom is 0.361 e. The summed E-state index contributed by atoms with van der Waals surface area (Å²) < 4.78 is 15.6. The lowest BCUT2D eigenvalue weighted by Crippen LogP contribution is -2.37. The molecule has 0 radical (unpaired) electrons. The molecule has 2 N–H and O–H groups in total. The molecule has 1 heterocycles. The molecule has 0 atom stereocenters. The van der Waals surface area contributed by atoms with Crippen LogP contribution < -0.4 is 15.4 Å². The molecular weight excluding hydrogens is 398 g/mol. The highest BCUT2D eigenvalue weighted by Crippen LogP contribution is 2.15. The van der Waals surface area contributed by atoms with Crippen molar-refractivity contribution in [2.45, 2.75) is 20.4 Å². The lowest BCUT2D eigenvalue weighted by Gasteiger charge is -2.09. The van der Waals surface area contributed by atoms with Crippen LogP contribution in [0.4, 0.5) is 10.5 Å². The van der Waals surface area contributed by atoms with Crippen LogP contribution in [0, 0.1) is 0 Å². The number of aromatic nitrogens is 3. The fourth-order valence-electron chi connectivity index (χ4n) is 2.30. The minimum Gasteiger partial charge on any atom is -0.497 e. The maximum absolute atomic E-state index is 12.2. The molecule has 0 unspecified atom stereocenters. The van der Waals surface area contributed by atoms with Crippen molar-refractivity contribution in [2.24, 2.45) is 0 Å². The summed E-state index contributed by atoms with van der Waals surface area (Å²) in [5.41, 5.74) is -0.300. The number of benzene rings is 1. The first-order valence-corrected chi connectivity index (χ1v) is 8.92. The van der Waals surface area contributed by atoms with Gasteiger partial charge < -0.3 is 19.5 Å². The van der Waals surface area contributed by atoms with Crippen molar-refractivity contribution in [2.75, 3.05) is 25.6 Å². The zero-order valence-electron chi connectivity index (χ0n) is 16.6. The molecule has 0 saturated carbocycles. The van der Waals surface area contributed by atoms with Gasteiger partial charge in [-0.3, -0.25) is 10.1 Å². The predicted octanol–water partition coefficient (Wildman–Crippen LogP) is 0.988. The van der Waals surface area contributed by atoms with Gasteiger partial charge in [0, 0.05) is 5.69 Å². The van der Waals surface area contributed by atoms with Gasteiger partial charge in [0.2, 0.25) is 11.6 Å². The van der Waals surface area contributed by atoms with Gasteiger partial charge in [0.25, 0.3) is 0 Å². The molecule has 0 bridgehead atoms. The van der Waals surface area contributed by atoms with Crippen LogP contribution in [0.3, 0.4) is 0 Å². The van der Waals surface area contributed by atoms with E-state index in [0.29, 0.717) is 11.4 Å². The standard InChI is InChI=1S/C18H21N5O7/c1-4-29-16(25)14-15(17(26)30-5-2)23(22-21-14)10-13(24)20-18(27)19-11-6-8-12(28-3)9-7-11/h6-9H,4-5,10H2,1-3H3,(H2,19,20,24,27). The maximum atomic E-state index is 12.2. The molecule has 0 aliphatic rings. The second-order valence-corrected chi connectivity index (χ2v) is 5.62. The molecule has 0 aliphatic heterocycles. The monoisotopic (exact) mass is 419 g/mol. The Labute approximate surface area is 171 Å². The second-order valence-electron chi connectivity index (χ2n) is 5.62. The second kappa shape index (κ2) is 10.5. The van der Waals surface area contributed by atoms with E-state index >= 15 is 0 Å². The molecule has 12 nitrogen and oxygen atoms in total. The smallest absolute Gasteiger partial charge is 0.361 e. The zero-order valence-corrected chi connectivity index (χ0v) is 16.6. The summed E-state index contributed by atoms with van der Waals surface area (Å²) in [5, 5.41) is 11.8. The fourth-order valence-corrected chi connectivity index (χ4v) is 2.30. The number of imide groups is 1. The van der Waals surface area contributed by atoms with Crippen molar-refractivity contribution in [1.29, 1.82) is 0 Å². The third kappa shape index (κ3) is 5.77. The number of anilines is 1. The Morgan fingerprint density at radius 2 is 1.63 bits per heavy atom. The number of hydrogen-bond donors (Lipinski definition) is 2. The number of urea groups is 1. The van der Waals surface area contributed by atoms with Crippen LogP contribution in [0.2, 0.25) is 0 Å². The average molecular weight is 419 g/mol. The Hall–Kier alpha value is -3.96. The van der Waals surface area contributed by atoms with Crippen molar-refractivity contribution < 1.29 is 33.4 Å². The number of amides is 3. The van der Waals surface area contributed by atoms with Gasteiger partial charge in [-0.15, -0.1) is 5.10 Å². The number of rotatable bonds is 8. The zero-order chi connectivity index (χ0) is 22.1. The van der Waals surface area contributed by atoms with E-state index in [4.69, 9.17) is 14.2 Å². The molecule has 2 aromatic rings. The molecule has 12 heteroatoms. The van der Waals surface area contributed by atoms with Crippen molar-refractivity contribution in [3.8, 4) is 5.75 Å². The number of hydrogen-bond acceptors (Lipinski definition) is 9. The van der Waals surface area contributed by atoms with E-state index < -0.39 is 30.4 Å². The third-order valence-electron chi connectivity index (χ3n) is 3.57. The van der Waals surface area contributed by atoms with Gasteiger partial charge in [-0.1, -0.05) is 5.21 Å². The summed E-state index contributed by atoms with van der Waals surface area (Å²) in [5.74, 6) is -1.98. The van der Waals surface area contributed by atoms with E-state index in [1.165, 1.54) is 7.11 Å². The van der Waals surface area contributed by atoms with E-state index in [1.54, 1.807) is 38.1 Å². The summed E-state index contributed by atoms with van der Waals surface area (Å²) in [6, 6.07) is 5.65. The summed E-state index contributed by atoms with van der Waals surface area (Å²) in [6.07, 6.45) is 0. The Morgan fingerprint density at radius 1 is 1.00 bits per heavy atom. The summed E-state index contributed by atoms with van der Waals surface area (Å²) in [4.78, 5) is 48.4. The number of methoxy groups -OCH3 is 1. The Morgan fingerprint density at radius 3 is 2.23 bits per heavy atom. The third-order valence-corrected chi connectivity index (χ3v) is 3.57. The van der Waals surface area contributed by atoms with Crippen molar-refractivity contribution in [1.82, 2.24) is 20.3 Å². The SMILES string of the molecule is CCOC(=O)c1nnn(CC(=O)NC(=O)Nc2ccc(OC)cc2)c1C(=O)OCC. The topological polar surface area (TPSA) is 151 Å². The van der Waals surface area contributed by atoms with Gasteiger partial charge in [0.15, 0.2) is 5.69 Å². The molecule has 0 saturated heterocycles. The van der Waals surface area contributed by atoms with Gasteiger partial charge in [-0.05, 0) is 38.1 Å². The van der Waals surface area contributed by atoms with Crippen LogP contribution in [0.25, 0.3) is 0 Å². The molecule has 1 aromatic carbocycles. The molecule has 30 heavy (non-hydrogen) atoms. The first-order chi connectivity index (χ1) is 14.4. The number of nitrogens with zero attached hydrogens (tertiary/aromatic N) is 3. The highest BCUT2D eigenvalue weighted by Gasteiger charge is 2.28. The average Bonchev–Trinajstić information content (AvgIpc) is 3.12. The van der Waals surface area contributed by atoms with Crippen molar-refractivity contribution >= 4 is 29.6 Å². The van der Waals surface area contributed by atoms with E-state index in [-0.39, 0.29) is 24.6 Å². The van der Waals surface area contributed by atoms with Gasteiger partial charge in [-0.25, -0.2) is 19.1 Å². The lowest BCUT2D eigenvalue weighted by molar-refractivity contribution is -0.120. The number of carbonyl (C=O) groups excluding carboxylic acids is 4. The first kappa shape index (κ1) is 22.3. The first-order valence-electron chi connectivity index (χ1n) is 8.92. The number of carbonyl (C=O) groups is 4. The number of ether oxygens (including phenoxy) is 3. The molecule has 1 aromatic heterocycles. The van der Waals surface area contributed by atoms with E-state index in [9.17, 15) is 19.2 Å². The molecule has 2 rings (SSSR count). The molecule has 3 amide bonds. The Balaban J connectivity index is 2.08. The Bertz CT molecular complexity index is 924. The van der Waals surface area contributed by atoms with E-state index in [1.807, 2.05) is 0 Å². The van der Waals surface area contributed by atoms with Crippen LogP contribution in [0.5, 0.6) is 5.75 Å². The van der Waals surface area contributed by atoms with Crippen LogP contribution >= 0.6 is 0 Å².